The minimum Gasteiger partial charge on any atom is -0.463 e. The van der Waals surface area contributed by atoms with Crippen molar-refractivity contribution in [1.82, 2.24) is 19.6 Å². The molecule has 9 heteroatoms. The van der Waals surface area contributed by atoms with Crippen LogP contribution in [-0.4, -0.2) is 51.5 Å². The van der Waals surface area contributed by atoms with Gasteiger partial charge >= 0.3 is 5.97 Å². The van der Waals surface area contributed by atoms with E-state index in [0.29, 0.717) is 31.1 Å². The Balaban J connectivity index is 1.41. The van der Waals surface area contributed by atoms with Gasteiger partial charge < -0.3 is 9.64 Å². The highest BCUT2D eigenvalue weighted by atomic mass is 16.5. The first-order chi connectivity index (χ1) is 12.5. The Hall–Kier alpha value is -2.71. The molecule has 0 amide bonds. The van der Waals surface area contributed by atoms with Crippen molar-refractivity contribution in [2.75, 3.05) is 25.1 Å². The van der Waals surface area contributed by atoms with Gasteiger partial charge in [-0.1, -0.05) is 0 Å². The van der Waals surface area contributed by atoms with Crippen molar-refractivity contribution in [3.63, 3.8) is 0 Å². The van der Waals surface area contributed by atoms with Crippen LogP contribution >= 0.6 is 0 Å². The maximum absolute atomic E-state index is 12.5. The molecule has 1 N–H and O–H groups in total. The normalized spacial score (nSPS) is 19.1. The van der Waals surface area contributed by atoms with Gasteiger partial charge in [-0.2, -0.15) is 9.50 Å². The number of ketones is 1. The second-order valence-electron chi connectivity index (χ2n) is 6.88. The fourth-order valence-corrected chi connectivity index (χ4v) is 3.60. The van der Waals surface area contributed by atoms with Gasteiger partial charge in [0.25, 0.3) is 11.3 Å². The molecule has 0 bridgehead atoms. The zero-order valence-corrected chi connectivity index (χ0v) is 14.7. The number of nitrogens with zero attached hydrogens (tertiary/aromatic N) is 4. The van der Waals surface area contributed by atoms with Gasteiger partial charge in [-0.05, 0) is 32.1 Å². The van der Waals surface area contributed by atoms with E-state index in [9.17, 15) is 14.4 Å². The topological polar surface area (TPSA) is 110 Å². The number of Topliss-reactive ketones (excluding diaryl/α,β-unsaturated/α-hetero) is 1. The van der Waals surface area contributed by atoms with E-state index in [1.807, 2.05) is 0 Å². The lowest BCUT2D eigenvalue weighted by Gasteiger charge is -2.16. The third-order valence-corrected chi connectivity index (χ3v) is 5.12. The number of fused-ring (bicyclic) bond motifs is 2. The molecule has 9 nitrogen and oxygen atoms in total. The van der Waals surface area contributed by atoms with Gasteiger partial charge in [0.1, 0.15) is 18.3 Å². The van der Waals surface area contributed by atoms with E-state index in [1.165, 1.54) is 4.52 Å². The second-order valence-corrected chi connectivity index (χ2v) is 6.88. The second kappa shape index (κ2) is 6.54. The van der Waals surface area contributed by atoms with E-state index in [2.05, 4.69) is 15.1 Å². The minimum atomic E-state index is -0.600. The summed E-state index contributed by atoms with van der Waals surface area (Å²) < 4.78 is 6.58. The van der Waals surface area contributed by atoms with Crippen LogP contribution in [-0.2, 0) is 27.2 Å². The van der Waals surface area contributed by atoms with Crippen LogP contribution < -0.4 is 10.5 Å². The molecule has 2 aromatic rings. The summed E-state index contributed by atoms with van der Waals surface area (Å²) >= 11 is 0. The molecule has 26 heavy (non-hydrogen) atoms. The van der Waals surface area contributed by atoms with Crippen molar-refractivity contribution in [3.05, 3.63) is 21.6 Å². The van der Waals surface area contributed by atoms with Crippen molar-refractivity contribution in [2.24, 2.45) is 5.92 Å². The Morgan fingerprint density at radius 1 is 1.27 bits per heavy atom. The summed E-state index contributed by atoms with van der Waals surface area (Å²) in [4.78, 5) is 46.6. The van der Waals surface area contributed by atoms with Crippen LogP contribution in [0.1, 0.15) is 36.9 Å². The zero-order valence-electron chi connectivity index (χ0n) is 14.7. The molecule has 1 saturated carbocycles. The first-order valence-corrected chi connectivity index (χ1v) is 8.95. The standard InChI is InChI=1S/C17H21N5O4/c1-21(8-9-26-15(25)11-5-3-7-13(11)23)17-19-16-18-12-6-2-4-10(12)14(24)22(16)20-17/h11H,2-9H2,1H3,(H,18,19,20). The summed E-state index contributed by atoms with van der Waals surface area (Å²) in [5.74, 6) is -0.243. The highest BCUT2D eigenvalue weighted by Gasteiger charge is 2.32. The number of ether oxygens (including phenoxy) is 1. The molecule has 0 aliphatic heterocycles. The Bertz CT molecular complexity index is 931. The van der Waals surface area contributed by atoms with Gasteiger partial charge in [-0.25, -0.2) is 4.98 Å². The van der Waals surface area contributed by atoms with E-state index in [0.717, 1.165) is 36.9 Å². The molecule has 0 radical (unpaired) electrons. The van der Waals surface area contributed by atoms with Crippen LogP contribution in [0.3, 0.4) is 0 Å². The zero-order chi connectivity index (χ0) is 18.3. The van der Waals surface area contributed by atoms with Gasteiger partial charge in [0, 0.05) is 19.0 Å². The third kappa shape index (κ3) is 2.87. The summed E-state index contributed by atoms with van der Waals surface area (Å²) in [5, 5.41) is 2.96. The largest absolute Gasteiger partial charge is 0.463 e. The first kappa shape index (κ1) is 16.7. The number of aromatic amines is 1. The number of carbonyl (C=O) groups excluding carboxylic acids is 2. The van der Waals surface area contributed by atoms with Crippen LogP contribution in [0.2, 0.25) is 0 Å². The van der Waals surface area contributed by atoms with Crippen LogP contribution in [0.25, 0.3) is 5.78 Å². The summed E-state index contributed by atoms with van der Waals surface area (Å²) in [7, 11) is 1.78. The van der Waals surface area contributed by atoms with Crippen LogP contribution in [0.4, 0.5) is 5.95 Å². The molecular weight excluding hydrogens is 338 g/mol. The Morgan fingerprint density at radius 2 is 2.12 bits per heavy atom. The number of rotatable bonds is 5. The number of esters is 1. The lowest BCUT2D eigenvalue weighted by Crippen LogP contribution is -2.28. The van der Waals surface area contributed by atoms with Gasteiger partial charge in [-0.15, -0.1) is 0 Å². The van der Waals surface area contributed by atoms with Crippen molar-refractivity contribution in [1.29, 1.82) is 0 Å². The van der Waals surface area contributed by atoms with Crippen molar-refractivity contribution in [3.8, 4) is 0 Å². The van der Waals surface area contributed by atoms with Gasteiger partial charge in [0.15, 0.2) is 0 Å². The molecule has 1 fully saturated rings. The third-order valence-electron chi connectivity index (χ3n) is 5.12. The summed E-state index contributed by atoms with van der Waals surface area (Å²) in [6.07, 6.45) is 4.31. The molecule has 2 aliphatic carbocycles. The average Bonchev–Trinajstić information content (AvgIpc) is 3.33. The number of likely N-dealkylation sites (N-methyl/N-ethyl adjacent to an activating group) is 1. The molecule has 2 heterocycles. The number of aryl methyl sites for hydroxylation is 1. The molecule has 2 aromatic heterocycles. The van der Waals surface area contributed by atoms with Crippen molar-refractivity contribution < 1.29 is 14.3 Å². The number of hydrogen-bond donors (Lipinski definition) is 1. The van der Waals surface area contributed by atoms with Crippen LogP contribution in [0, 0.1) is 5.92 Å². The predicted octanol–water partition coefficient (Wildman–Crippen LogP) is 0.255. The number of nitrogens with one attached hydrogen (secondary N) is 1. The Morgan fingerprint density at radius 3 is 2.88 bits per heavy atom. The van der Waals surface area contributed by atoms with Gasteiger partial charge in [-0.3, -0.25) is 19.5 Å². The van der Waals surface area contributed by atoms with E-state index < -0.39 is 11.9 Å². The van der Waals surface area contributed by atoms with Crippen molar-refractivity contribution >= 4 is 23.5 Å². The van der Waals surface area contributed by atoms with E-state index in [-0.39, 0.29) is 17.9 Å². The average molecular weight is 359 g/mol. The molecule has 2 aliphatic rings. The number of H-pyrrole nitrogens is 1. The predicted molar refractivity (Wildman–Crippen MR) is 92.2 cm³/mol. The first-order valence-electron chi connectivity index (χ1n) is 8.95. The van der Waals surface area contributed by atoms with Crippen molar-refractivity contribution in [2.45, 2.75) is 38.5 Å². The molecule has 4 rings (SSSR count). The fraction of sp³-hybridized carbons (Fsp3) is 0.588. The van der Waals surface area contributed by atoms with Gasteiger partial charge in [0.05, 0.1) is 12.2 Å². The number of carbonyl (C=O) groups is 2. The number of hydrogen-bond acceptors (Lipinski definition) is 7. The smallest absolute Gasteiger partial charge is 0.316 e. The van der Waals surface area contributed by atoms with Gasteiger partial charge in [0.2, 0.25) is 5.95 Å². The number of aromatic nitrogens is 4. The molecular formula is C17H21N5O4. The monoisotopic (exact) mass is 359 g/mol. The quantitative estimate of drug-likeness (QED) is 0.602. The SMILES string of the molecule is CN(CCOC(=O)C1CCCC1=O)c1nc2nc3c(c(=O)n2[nH]1)CCC3. The lowest BCUT2D eigenvalue weighted by molar-refractivity contribution is -0.150. The minimum absolute atomic E-state index is 0.0286. The maximum atomic E-state index is 12.5. The highest BCUT2D eigenvalue weighted by Crippen LogP contribution is 2.22. The molecule has 0 saturated heterocycles. The maximum Gasteiger partial charge on any atom is 0.316 e. The Kier molecular flexibility index (Phi) is 4.21. The van der Waals surface area contributed by atoms with E-state index >= 15 is 0 Å². The van der Waals surface area contributed by atoms with Crippen LogP contribution in [0.5, 0.6) is 0 Å². The molecule has 0 spiro atoms. The van der Waals surface area contributed by atoms with E-state index in [1.54, 1.807) is 11.9 Å². The fourth-order valence-electron chi connectivity index (χ4n) is 3.60. The lowest BCUT2D eigenvalue weighted by atomic mass is 10.1. The Labute approximate surface area is 149 Å². The molecule has 1 unspecified atom stereocenters. The van der Waals surface area contributed by atoms with Crippen LogP contribution in [0.15, 0.2) is 4.79 Å². The highest BCUT2D eigenvalue weighted by molar-refractivity contribution is 6.00. The molecule has 1 atom stereocenters. The van der Waals surface area contributed by atoms with E-state index in [4.69, 9.17) is 4.74 Å². The summed E-state index contributed by atoms with van der Waals surface area (Å²) in [5.41, 5.74) is 1.50. The molecule has 0 aromatic carbocycles. The molecule has 138 valence electrons. The summed E-state index contributed by atoms with van der Waals surface area (Å²) in [6, 6.07) is 0. The summed E-state index contributed by atoms with van der Waals surface area (Å²) in [6.45, 7) is 0.538. The number of anilines is 1.